The maximum absolute atomic E-state index is 12.8. The quantitative estimate of drug-likeness (QED) is 0.609. The third kappa shape index (κ3) is 3.76. The van der Waals surface area contributed by atoms with Gasteiger partial charge in [-0.3, -0.25) is 4.79 Å². The SMILES string of the molecule is CCN(C(=O)c1ccccc1SC)C(OC)C(C)(C)C. The lowest BCUT2D eigenvalue weighted by Crippen LogP contribution is -2.48. The summed E-state index contributed by atoms with van der Waals surface area (Å²) in [6.45, 7) is 8.85. The van der Waals surface area contributed by atoms with Crippen molar-refractivity contribution in [2.75, 3.05) is 19.9 Å². The zero-order valence-corrected chi connectivity index (χ0v) is 14.1. The first-order valence-electron chi connectivity index (χ1n) is 6.83. The van der Waals surface area contributed by atoms with Crippen LogP contribution in [0.1, 0.15) is 38.1 Å². The van der Waals surface area contributed by atoms with Crippen LogP contribution in [0.2, 0.25) is 0 Å². The highest BCUT2D eigenvalue weighted by Crippen LogP contribution is 2.28. The van der Waals surface area contributed by atoms with Gasteiger partial charge in [0.05, 0.1) is 5.56 Å². The van der Waals surface area contributed by atoms with Crippen molar-refractivity contribution in [1.82, 2.24) is 4.90 Å². The Balaban J connectivity index is 3.14. The molecule has 0 bridgehead atoms. The summed E-state index contributed by atoms with van der Waals surface area (Å²) in [4.78, 5) is 15.6. The van der Waals surface area contributed by atoms with E-state index in [1.807, 2.05) is 37.4 Å². The van der Waals surface area contributed by atoms with E-state index in [1.54, 1.807) is 23.8 Å². The Morgan fingerprint density at radius 1 is 1.35 bits per heavy atom. The molecule has 0 N–H and O–H groups in total. The summed E-state index contributed by atoms with van der Waals surface area (Å²) >= 11 is 1.59. The molecule has 0 heterocycles. The Kier molecular flexibility index (Phi) is 6.08. The molecule has 0 fully saturated rings. The number of hydrogen-bond acceptors (Lipinski definition) is 3. The molecule has 1 aromatic carbocycles. The second-order valence-electron chi connectivity index (χ2n) is 5.75. The third-order valence-electron chi connectivity index (χ3n) is 3.19. The maximum Gasteiger partial charge on any atom is 0.257 e. The highest BCUT2D eigenvalue weighted by molar-refractivity contribution is 7.98. The second kappa shape index (κ2) is 7.14. The summed E-state index contributed by atoms with van der Waals surface area (Å²) in [5.74, 6) is 0.0271. The number of methoxy groups -OCH3 is 1. The molecule has 0 aliphatic heterocycles. The van der Waals surface area contributed by atoms with Crippen molar-refractivity contribution >= 4 is 17.7 Å². The fourth-order valence-corrected chi connectivity index (χ4v) is 2.93. The number of thioether (sulfide) groups is 1. The van der Waals surface area contributed by atoms with E-state index < -0.39 is 0 Å². The molecule has 112 valence electrons. The van der Waals surface area contributed by atoms with Crippen molar-refractivity contribution in [2.24, 2.45) is 5.41 Å². The molecule has 4 heteroatoms. The zero-order chi connectivity index (χ0) is 15.3. The van der Waals surface area contributed by atoms with Gasteiger partial charge in [-0.1, -0.05) is 32.9 Å². The minimum atomic E-state index is -0.241. The molecule has 1 amide bonds. The Labute approximate surface area is 126 Å². The standard InChI is InChI=1S/C16H25NO2S/c1-7-17(15(19-5)16(2,3)4)14(18)12-10-8-9-11-13(12)20-6/h8-11,15H,7H2,1-6H3. The van der Waals surface area contributed by atoms with Crippen LogP contribution in [0.3, 0.4) is 0 Å². The Hall–Kier alpha value is -1.00. The normalized spacial score (nSPS) is 13.1. The molecule has 1 rings (SSSR count). The van der Waals surface area contributed by atoms with Crippen LogP contribution in [0, 0.1) is 5.41 Å². The highest BCUT2D eigenvalue weighted by atomic mass is 32.2. The molecule has 0 aliphatic rings. The van der Waals surface area contributed by atoms with Gasteiger partial charge in [0.2, 0.25) is 0 Å². The van der Waals surface area contributed by atoms with Crippen molar-refractivity contribution in [3.8, 4) is 0 Å². The first kappa shape index (κ1) is 17.1. The van der Waals surface area contributed by atoms with Crippen LogP contribution < -0.4 is 0 Å². The van der Waals surface area contributed by atoms with Crippen molar-refractivity contribution in [3.63, 3.8) is 0 Å². The molecular formula is C16H25NO2S. The lowest BCUT2D eigenvalue weighted by molar-refractivity contribution is -0.0793. The van der Waals surface area contributed by atoms with Crippen LogP contribution in [0.25, 0.3) is 0 Å². The van der Waals surface area contributed by atoms with Crippen LogP contribution in [-0.4, -0.2) is 36.9 Å². The van der Waals surface area contributed by atoms with E-state index in [-0.39, 0.29) is 17.6 Å². The molecule has 0 spiro atoms. The molecule has 3 nitrogen and oxygen atoms in total. The topological polar surface area (TPSA) is 29.5 Å². The van der Waals surface area contributed by atoms with Crippen LogP contribution in [0.4, 0.5) is 0 Å². The molecule has 0 saturated heterocycles. The maximum atomic E-state index is 12.8. The van der Waals surface area contributed by atoms with E-state index in [9.17, 15) is 4.79 Å². The first-order valence-corrected chi connectivity index (χ1v) is 8.06. The predicted molar refractivity (Wildman–Crippen MR) is 85.2 cm³/mol. The predicted octanol–water partition coefficient (Wildman–Crippen LogP) is 3.89. The van der Waals surface area contributed by atoms with Crippen LogP contribution in [-0.2, 0) is 4.74 Å². The Bertz CT molecular complexity index is 454. The highest BCUT2D eigenvalue weighted by Gasteiger charge is 2.33. The number of nitrogens with zero attached hydrogens (tertiary/aromatic N) is 1. The van der Waals surface area contributed by atoms with Gasteiger partial charge in [-0.15, -0.1) is 11.8 Å². The van der Waals surface area contributed by atoms with E-state index in [1.165, 1.54) is 0 Å². The number of carbonyl (C=O) groups is 1. The number of hydrogen-bond donors (Lipinski definition) is 0. The van der Waals surface area contributed by atoms with Crippen LogP contribution in [0.15, 0.2) is 29.2 Å². The van der Waals surface area contributed by atoms with Gasteiger partial charge in [-0.25, -0.2) is 0 Å². The summed E-state index contributed by atoms with van der Waals surface area (Å²) in [6, 6.07) is 7.72. The van der Waals surface area contributed by atoms with E-state index in [0.717, 1.165) is 10.5 Å². The van der Waals surface area contributed by atoms with E-state index in [0.29, 0.717) is 6.54 Å². The van der Waals surface area contributed by atoms with Crippen molar-refractivity contribution in [2.45, 2.75) is 38.8 Å². The smallest absolute Gasteiger partial charge is 0.257 e. The Morgan fingerprint density at radius 3 is 2.40 bits per heavy atom. The minimum Gasteiger partial charge on any atom is -0.361 e. The van der Waals surface area contributed by atoms with Gasteiger partial charge in [-0.2, -0.15) is 0 Å². The van der Waals surface area contributed by atoms with E-state index in [4.69, 9.17) is 4.74 Å². The molecule has 0 radical (unpaired) electrons. The largest absolute Gasteiger partial charge is 0.361 e. The van der Waals surface area contributed by atoms with Gasteiger partial charge >= 0.3 is 0 Å². The average Bonchev–Trinajstić information content (AvgIpc) is 2.42. The van der Waals surface area contributed by atoms with Gasteiger partial charge in [0, 0.05) is 24.0 Å². The monoisotopic (exact) mass is 295 g/mol. The minimum absolute atomic E-state index is 0.0271. The fourth-order valence-electron chi connectivity index (χ4n) is 2.34. The average molecular weight is 295 g/mol. The summed E-state index contributed by atoms with van der Waals surface area (Å²) in [7, 11) is 1.66. The number of benzene rings is 1. The van der Waals surface area contributed by atoms with Gasteiger partial charge < -0.3 is 9.64 Å². The van der Waals surface area contributed by atoms with Crippen molar-refractivity contribution in [1.29, 1.82) is 0 Å². The van der Waals surface area contributed by atoms with Crippen LogP contribution in [0.5, 0.6) is 0 Å². The molecule has 20 heavy (non-hydrogen) atoms. The summed E-state index contributed by atoms with van der Waals surface area (Å²) < 4.78 is 5.58. The van der Waals surface area contributed by atoms with Gasteiger partial charge in [0.25, 0.3) is 5.91 Å². The molecule has 1 aromatic rings. The Morgan fingerprint density at radius 2 is 1.95 bits per heavy atom. The summed E-state index contributed by atoms with van der Waals surface area (Å²) in [5, 5.41) is 0. The van der Waals surface area contributed by atoms with Crippen LogP contribution >= 0.6 is 11.8 Å². The van der Waals surface area contributed by atoms with Gasteiger partial charge in [-0.05, 0) is 25.3 Å². The van der Waals surface area contributed by atoms with E-state index in [2.05, 4.69) is 20.8 Å². The molecule has 1 atom stereocenters. The lowest BCUT2D eigenvalue weighted by atomic mass is 9.92. The molecular weight excluding hydrogens is 270 g/mol. The van der Waals surface area contributed by atoms with Crippen molar-refractivity contribution < 1.29 is 9.53 Å². The second-order valence-corrected chi connectivity index (χ2v) is 6.59. The fraction of sp³-hybridized carbons (Fsp3) is 0.562. The number of carbonyl (C=O) groups excluding carboxylic acids is 1. The van der Waals surface area contributed by atoms with Gasteiger partial charge in [0.1, 0.15) is 6.23 Å². The zero-order valence-electron chi connectivity index (χ0n) is 13.3. The third-order valence-corrected chi connectivity index (χ3v) is 3.98. The lowest BCUT2D eigenvalue weighted by Gasteiger charge is -2.38. The number of amides is 1. The van der Waals surface area contributed by atoms with E-state index >= 15 is 0 Å². The summed E-state index contributed by atoms with van der Waals surface area (Å²) in [6.07, 6.45) is 1.75. The first-order chi connectivity index (χ1) is 9.36. The molecule has 0 saturated carbocycles. The molecule has 1 unspecified atom stereocenters. The van der Waals surface area contributed by atoms with Crippen molar-refractivity contribution in [3.05, 3.63) is 29.8 Å². The molecule has 0 aliphatic carbocycles. The van der Waals surface area contributed by atoms with Gasteiger partial charge in [0.15, 0.2) is 0 Å². The number of ether oxygens (including phenoxy) is 1. The molecule has 0 aromatic heterocycles. The summed E-state index contributed by atoms with van der Waals surface area (Å²) in [5.41, 5.74) is 0.613. The number of rotatable bonds is 5.